The zero-order valence-corrected chi connectivity index (χ0v) is 18.1. The van der Waals surface area contributed by atoms with Crippen LogP contribution < -0.4 is 15.5 Å². The van der Waals surface area contributed by atoms with Gasteiger partial charge >= 0.3 is 0 Å². The lowest BCUT2D eigenvalue weighted by Crippen LogP contribution is -2.38. The predicted octanol–water partition coefficient (Wildman–Crippen LogP) is 2.92. The smallest absolute Gasteiger partial charge is 0.251 e. The highest BCUT2D eigenvalue weighted by atomic mass is 16.5. The van der Waals surface area contributed by atoms with Crippen LogP contribution in [-0.4, -0.2) is 55.2 Å². The number of primary amides is 1. The van der Waals surface area contributed by atoms with Crippen LogP contribution >= 0.6 is 0 Å². The number of fused-ring (bicyclic) bond motifs is 3. The summed E-state index contributed by atoms with van der Waals surface area (Å²) in [5.74, 6) is 0.322. The Bertz CT molecular complexity index is 1290. The number of morpholine rings is 1. The number of aromatic nitrogens is 2. The van der Waals surface area contributed by atoms with E-state index in [0.29, 0.717) is 17.7 Å². The van der Waals surface area contributed by atoms with E-state index in [1.165, 1.54) is 0 Å². The first-order valence-corrected chi connectivity index (χ1v) is 10.9. The van der Waals surface area contributed by atoms with E-state index in [-0.39, 0.29) is 0 Å². The van der Waals surface area contributed by atoms with Crippen LogP contribution in [0.15, 0.2) is 48.5 Å². The van der Waals surface area contributed by atoms with Crippen molar-refractivity contribution in [1.82, 2.24) is 9.88 Å². The summed E-state index contributed by atoms with van der Waals surface area (Å²) in [6.45, 7) is 6.98. The van der Waals surface area contributed by atoms with Crippen molar-refractivity contribution in [2.24, 2.45) is 5.73 Å². The molecular weight excluding hydrogens is 404 g/mol. The quantitative estimate of drug-likeness (QED) is 0.491. The van der Waals surface area contributed by atoms with E-state index in [1.807, 2.05) is 49.4 Å². The number of carbonyl (C=O) groups is 1. The molecule has 1 aliphatic heterocycles. The van der Waals surface area contributed by atoms with Gasteiger partial charge in [0.2, 0.25) is 11.2 Å². The second-order valence-electron chi connectivity index (χ2n) is 8.22. The standard InChI is InChI=1S/C25H26N4O3/c1-16-3-2-4-17(13-16)21-15-20(25(26)30)24-23(27-21)19-6-5-18(14-22(19)28-24)32-12-9-29-7-10-31-11-8-29/h2-6,13-15,28H,7-12H2,1H3,(H2,26,30)/p+1. The third kappa shape index (κ3) is 4.04. The Morgan fingerprint density at radius 2 is 2.03 bits per heavy atom. The third-order valence-electron chi connectivity index (χ3n) is 5.96. The van der Waals surface area contributed by atoms with E-state index in [0.717, 1.165) is 71.8 Å². The minimum Gasteiger partial charge on any atom is -0.492 e. The van der Waals surface area contributed by atoms with Gasteiger partial charge in [-0.2, -0.15) is 0 Å². The molecule has 1 saturated heterocycles. The lowest BCUT2D eigenvalue weighted by atomic mass is 10.0. The Morgan fingerprint density at radius 3 is 2.81 bits per heavy atom. The molecule has 3 heterocycles. The average molecular weight is 432 g/mol. The summed E-state index contributed by atoms with van der Waals surface area (Å²) in [6.07, 6.45) is 0. The molecule has 0 aliphatic carbocycles. The van der Waals surface area contributed by atoms with E-state index >= 15 is 0 Å². The number of aryl methyl sites for hydroxylation is 1. The number of carbonyl (C=O) groups excluding carboxylic acids is 1. The maximum absolute atomic E-state index is 12.3. The van der Waals surface area contributed by atoms with E-state index in [9.17, 15) is 4.79 Å². The van der Waals surface area contributed by atoms with Crippen molar-refractivity contribution in [3.8, 4) is 17.0 Å². The van der Waals surface area contributed by atoms with Crippen LogP contribution in [0.1, 0.15) is 15.9 Å². The molecule has 2 aromatic carbocycles. The van der Waals surface area contributed by atoms with Gasteiger partial charge in [0, 0.05) is 37.3 Å². The van der Waals surface area contributed by atoms with Crippen LogP contribution in [0, 0.1) is 6.92 Å². The van der Waals surface area contributed by atoms with Crippen molar-refractivity contribution in [2.75, 3.05) is 39.5 Å². The molecule has 2 aromatic heterocycles. The predicted molar refractivity (Wildman–Crippen MR) is 124 cm³/mol. The highest BCUT2D eigenvalue weighted by molar-refractivity contribution is 6.12. The maximum Gasteiger partial charge on any atom is 0.251 e. The number of benzene rings is 2. The largest absolute Gasteiger partial charge is 0.492 e. The number of H-pyrrole nitrogens is 2. The number of aromatic amines is 2. The van der Waals surface area contributed by atoms with Crippen LogP contribution in [0.2, 0.25) is 0 Å². The van der Waals surface area contributed by atoms with E-state index in [1.54, 1.807) is 0 Å². The molecular formula is C25H27N4O3+. The molecule has 164 valence electrons. The molecule has 0 atom stereocenters. The highest BCUT2D eigenvalue weighted by Crippen LogP contribution is 2.30. The minimum atomic E-state index is -0.466. The lowest BCUT2D eigenvalue weighted by molar-refractivity contribution is -0.329. The lowest BCUT2D eigenvalue weighted by Gasteiger charge is -2.26. The second kappa shape index (κ2) is 8.61. The molecule has 0 bridgehead atoms. The number of nitrogens with zero attached hydrogens (tertiary/aromatic N) is 1. The molecule has 1 amide bonds. The molecule has 7 heteroatoms. The maximum atomic E-state index is 12.3. The van der Waals surface area contributed by atoms with Gasteiger partial charge in [0.25, 0.3) is 5.91 Å². The number of ether oxygens (including phenoxy) is 2. The van der Waals surface area contributed by atoms with E-state index in [2.05, 4.69) is 20.9 Å². The molecule has 0 saturated carbocycles. The monoisotopic (exact) mass is 431 g/mol. The summed E-state index contributed by atoms with van der Waals surface area (Å²) in [5.41, 5.74) is 11.6. The number of nitrogens with one attached hydrogen (secondary N) is 2. The first kappa shape index (κ1) is 20.5. The first-order chi connectivity index (χ1) is 15.6. The SMILES string of the molecule is Cc1cccc(-c2cc(C(N)=O)c3[nH]c4cc(OCCN5CCOCC5)ccc4c3[nH+]2)c1. The molecule has 1 aliphatic rings. The highest BCUT2D eigenvalue weighted by Gasteiger charge is 2.21. The number of hydrogen-bond acceptors (Lipinski definition) is 4. The number of rotatable bonds is 6. The Balaban J connectivity index is 1.48. The number of pyridine rings is 1. The Labute approximate surface area is 186 Å². The van der Waals surface area contributed by atoms with Gasteiger partial charge in [-0.25, -0.2) is 4.98 Å². The fourth-order valence-electron chi connectivity index (χ4n) is 4.27. The zero-order valence-electron chi connectivity index (χ0n) is 18.1. The van der Waals surface area contributed by atoms with Gasteiger partial charge in [0.15, 0.2) is 0 Å². The third-order valence-corrected chi connectivity index (χ3v) is 5.96. The van der Waals surface area contributed by atoms with Gasteiger partial charge in [-0.1, -0.05) is 17.7 Å². The summed E-state index contributed by atoms with van der Waals surface area (Å²) in [4.78, 5) is 21.4. The molecule has 4 aromatic rings. The van der Waals surface area contributed by atoms with Crippen molar-refractivity contribution in [1.29, 1.82) is 0 Å². The van der Waals surface area contributed by atoms with Crippen molar-refractivity contribution in [2.45, 2.75) is 6.92 Å². The molecule has 0 radical (unpaired) electrons. The van der Waals surface area contributed by atoms with Gasteiger partial charge in [0.1, 0.15) is 17.9 Å². The van der Waals surface area contributed by atoms with E-state index in [4.69, 9.17) is 15.2 Å². The summed E-state index contributed by atoms with van der Waals surface area (Å²) in [5, 5.41) is 0.984. The van der Waals surface area contributed by atoms with Crippen molar-refractivity contribution < 1.29 is 19.3 Å². The molecule has 5 rings (SSSR count). The molecule has 1 fully saturated rings. The first-order valence-electron chi connectivity index (χ1n) is 10.9. The van der Waals surface area contributed by atoms with Gasteiger partial charge in [0.05, 0.1) is 29.7 Å². The van der Waals surface area contributed by atoms with E-state index < -0.39 is 5.91 Å². The molecule has 4 N–H and O–H groups in total. The molecule has 32 heavy (non-hydrogen) atoms. The van der Waals surface area contributed by atoms with Gasteiger partial charge < -0.3 is 20.2 Å². The van der Waals surface area contributed by atoms with Crippen LogP contribution in [0.4, 0.5) is 0 Å². The number of amides is 1. The fourth-order valence-corrected chi connectivity index (χ4v) is 4.27. The molecule has 0 unspecified atom stereocenters. The summed E-state index contributed by atoms with van der Waals surface area (Å²) in [6, 6.07) is 15.9. The average Bonchev–Trinajstić information content (AvgIpc) is 3.17. The summed E-state index contributed by atoms with van der Waals surface area (Å²) >= 11 is 0. The number of nitrogens with two attached hydrogens (primary N) is 1. The van der Waals surface area contributed by atoms with Crippen molar-refractivity contribution >= 4 is 27.8 Å². The Kier molecular flexibility index (Phi) is 5.51. The normalized spacial score (nSPS) is 14.8. The van der Waals surface area contributed by atoms with Gasteiger partial charge in [-0.3, -0.25) is 9.69 Å². The minimum absolute atomic E-state index is 0.459. The van der Waals surface area contributed by atoms with Crippen molar-refractivity contribution in [3.63, 3.8) is 0 Å². The van der Waals surface area contributed by atoms with Gasteiger partial charge in [-0.05, 0) is 31.2 Å². The number of hydrogen-bond donors (Lipinski definition) is 2. The van der Waals surface area contributed by atoms with Crippen LogP contribution in [0.25, 0.3) is 33.2 Å². The van der Waals surface area contributed by atoms with Crippen molar-refractivity contribution in [3.05, 3.63) is 59.7 Å². The fraction of sp³-hybridized carbons (Fsp3) is 0.280. The molecule has 0 spiro atoms. The zero-order chi connectivity index (χ0) is 22.1. The summed E-state index contributed by atoms with van der Waals surface area (Å²) in [7, 11) is 0. The molecule has 7 nitrogen and oxygen atoms in total. The van der Waals surface area contributed by atoms with Crippen LogP contribution in [0.3, 0.4) is 0 Å². The summed E-state index contributed by atoms with van der Waals surface area (Å²) < 4.78 is 11.4. The topological polar surface area (TPSA) is 94.7 Å². The Hall–Kier alpha value is -3.42. The Morgan fingerprint density at radius 1 is 1.19 bits per heavy atom. The second-order valence-corrected chi connectivity index (χ2v) is 8.22. The van der Waals surface area contributed by atoms with Crippen LogP contribution in [0.5, 0.6) is 5.75 Å². The van der Waals surface area contributed by atoms with Crippen LogP contribution in [-0.2, 0) is 4.74 Å². The van der Waals surface area contributed by atoms with Gasteiger partial charge in [-0.15, -0.1) is 0 Å².